The standard InChI is InChI=1S/C15H21ClN2O3/c1-21-9-14(11-2-3-11)18-15(20)17-13(8-19)10-4-6-12(16)7-5-10/h4-7,11,13-14,19H,2-3,8-9H2,1H3,(H2,17,18,20). The number of halogens is 1. The number of ether oxygens (including phenoxy) is 1. The largest absolute Gasteiger partial charge is 0.394 e. The van der Waals surface area contributed by atoms with E-state index in [9.17, 15) is 9.90 Å². The topological polar surface area (TPSA) is 70.6 Å². The minimum atomic E-state index is -0.454. The summed E-state index contributed by atoms with van der Waals surface area (Å²) >= 11 is 5.83. The second-order valence-electron chi connectivity index (χ2n) is 5.30. The van der Waals surface area contributed by atoms with Crippen molar-refractivity contribution in [3.8, 4) is 0 Å². The molecule has 0 spiro atoms. The lowest BCUT2D eigenvalue weighted by Gasteiger charge is -2.21. The number of nitrogens with one attached hydrogen (secondary N) is 2. The number of rotatable bonds is 7. The summed E-state index contributed by atoms with van der Waals surface area (Å²) in [4.78, 5) is 12.1. The van der Waals surface area contributed by atoms with Crippen molar-refractivity contribution in [1.29, 1.82) is 0 Å². The van der Waals surface area contributed by atoms with E-state index in [-0.39, 0.29) is 18.7 Å². The first-order chi connectivity index (χ1) is 10.1. The highest BCUT2D eigenvalue weighted by Gasteiger charge is 2.32. The van der Waals surface area contributed by atoms with E-state index >= 15 is 0 Å². The Kier molecular flexibility index (Phi) is 5.85. The van der Waals surface area contributed by atoms with Crippen LogP contribution in [-0.2, 0) is 4.74 Å². The third kappa shape index (κ3) is 4.88. The maximum atomic E-state index is 12.1. The van der Waals surface area contributed by atoms with Gasteiger partial charge in [0.05, 0.1) is 25.3 Å². The molecule has 1 aromatic rings. The SMILES string of the molecule is COCC(NC(=O)NC(CO)c1ccc(Cl)cc1)C1CC1. The maximum absolute atomic E-state index is 12.1. The van der Waals surface area contributed by atoms with Gasteiger partial charge in [-0.1, -0.05) is 23.7 Å². The van der Waals surface area contributed by atoms with Crippen LogP contribution in [-0.4, -0.2) is 37.5 Å². The lowest BCUT2D eigenvalue weighted by molar-refractivity contribution is 0.155. The second-order valence-corrected chi connectivity index (χ2v) is 5.74. The normalized spacial score (nSPS) is 17.1. The number of urea groups is 1. The number of aliphatic hydroxyl groups is 1. The van der Waals surface area contributed by atoms with E-state index in [1.807, 2.05) is 0 Å². The fourth-order valence-electron chi connectivity index (χ4n) is 2.27. The van der Waals surface area contributed by atoms with E-state index in [1.54, 1.807) is 31.4 Å². The van der Waals surface area contributed by atoms with Gasteiger partial charge in [-0.25, -0.2) is 4.79 Å². The Bertz CT molecular complexity index is 462. The van der Waals surface area contributed by atoms with Crippen LogP contribution in [0.4, 0.5) is 4.79 Å². The Labute approximate surface area is 129 Å². The smallest absolute Gasteiger partial charge is 0.315 e. The Morgan fingerprint density at radius 2 is 2.05 bits per heavy atom. The molecule has 21 heavy (non-hydrogen) atoms. The molecule has 0 bridgehead atoms. The van der Waals surface area contributed by atoms with Gasteiger partial charge in [0.1, 0.15) is 0 Å². The summed E-state index contributed by atoms with van der Waals surface area (Å²) < 4.78 is 5.13. The summed E-state index contributed by atoms with van der Waals surface area (Å²) in [5.74, 6) is 0.499. The molecular weight excluding hydrogens is 292 g/mol. The molecule has 1 aromatic carbocycles. The number of amides is 2. The van der Waals surface area contributed by atoms with Gasteiger partial charge in [0.2, 0.25) is 0 Å². The molecule has 0 aliphatic heterocycles. The van der Waals surface area contributed by atoms with Crippen LogP contribution in [0.5, 0.6) is 0 Å². The van der Waals surface area contributed by atoms with Crippen molar-refractivity contribution in [2.75, 3.05) is 20.3 Å². The molecule has 2 atom stereocenters. The highest BCUT2D eigenvalue weighted by molar-refractivity contribution is 6.30. The zero-order chi connectivity index (χ0) is 15.2. The van der Waals surface area contributed by atoms with E-state index in [0.29, 0.717) is 17.5 Å². The van der Waals surface area contributed by atoms with Gasteiger partial charge in [-0.05, 0) is 36.5 Å². The van der Waals surface area contributed by atoms with Crippen molar-refractivity contribution in [2.45, 2.75) is 24.9 Å². The van der Waals surface area contributed by atoms with Crippen LogP contribution in [0.25, 0.3) is 0 Å². The quantitative estimate of drug-likeness (QED) is 0.722. The van der Waals surface area contributed by atoms with Crippen molar-refractivity contribution in [3.05, 3.63) is 34.9 Å². The number of methoxy groups -OCH3 is 1. The summed E-state index contributed by atoms with van der Waals surface area (Å²) in [5, 5.41) is 15.8. The maximum Gasteiger partial charge on any atom is 0.315 e. The highest BCUT2D eigenvalue weighted by atomic mass is 35.5. The third-order valence-corrected chi connectivity index (χ3v) is 3.87. The Hall–Kier alpha value is -1.30. The fraction of sp³-hybridized carbons (Fsp3) is 0.533. The minimum Gasteiger partial charge on any atom is -0.394 e. The Balaban J connectivity index is 1.91. The summed E-state index contributed by atoms with van der Waals surface area (Å²) in [7, 11) is 1.62. The highest BCUT2D eigenvalue weighted by Crippen LogP contribution is 2.32. The van der Waals surface area contributed by atoms with E-state index in [1.165, 1.54) is 0 Å². The molecule has 5 nitrogen and oxygen atoms in total. The molecule has 1 fully saturated rings. The van der Waals surface area contributed by atoms with Gasteiger partial charge in [-0.2, -0.15) is 0 Å². The summed E-state index contributed by atoms with van der Waals surface area (Å²) in [6, 6.07) is 6.32. The monoisotopic (exact) mass is 312 g/mol. The average Bonchev–Trinajstić information content (AvgIpc) is 3.30. The molecule has 3 N–H and O–H groups in total. The number of aliphatic hydroxyl groups excluding tert-OH is 1. The van der Waals surface area contributed by atoms with Crippen LogP contribution >= 0.6 is 11.6 Å². The molecule has 0 radical (unpaired) electrons. The van der Waals surface area contributed by atoms with Gasteiger partial charge in [-0.3, -0.25) is 0 Å². The second kappa shape index (κ2) is 7.64. The first-order valence-electron chi connectivity index (χ1n) is 7.06. The molecule has 2 unspecified atom stereocenters. The van der Waals surface area contributed by atoms with Crippen LogP contribution in [0.1, 0.15) is 24.4 Å². The van der Waals surface area contributed by atoms with Crippen molar-refractivity contribution in [2.24, 2.45) is 5.92 Å². The van der Waals surface area contributed by atoms with Crippen molar-refractivity contribution in [3.63, 3.8) is 0 Å². The molecule has 1 saturated carbocycles. The molecular formula is C15H21ClN2O3. The molecule has 6 heteroatoms. The molecule has 0 saturated heterocycles. The zero-order valence-electron chi connectivity index (χ0n) is 12.0. The Morgan fingerprint density at radius 1 is 1.38 bits per heavy atom. The molecule has 2 amide bonds. The van der Waals surface area contributed by atoms with Gasteiger partial charge < -0.3 is 20.5 Å². The first kappa shape index (κ1) is 16.1. The van der Waals surface area contributed by atoms with Gasteiger partial charge in [0, 0.05) is 12.1 Å². The summed E-state index contributed by atoms with van der Waals surface area (Å²) in [5.41, 5.74) is 0.812. The van der Waals surface area contributed by atoms with Gasteiger partial charge in [-0.15, -0.1) is 0 Å². The van der Waals surface area contributed by atoms with Crippen molar-refractivity contribution in [1.82, 2.24) is 10.6 Å². The van der Waals surface area contributed by atoms with E-state index in [4.69, 9.17) is 16.3 Å². The van der Waals surface area contributed by atoms with Crippen LogP contribution < -0.4 is 10.6 Å². The predicted molar refractivity (Wildman–Crippen MR) is 81.3 cm³/mol. The molecule has 2 rings (SSSR count). The zero-order valence-corrected chi connectivity index (χ0v) is 12.8. The Morgan fingerprint density at radius 3 is 2.57 bits per heavy atom. The van der Waals surface area contributed by atoms with Crippen LogP contribution in [0.3, 0.4) is 0 Å². The minimum absolute atomic E-state index is 0.0274. The van der Waals surface area contributed by atoms with E-state index in [2.05, 4.69) is 10.6 Å². The summed E-state index contributed by atoms with van der Waals surface area (Å²) in [6.07, 6.45) is 2.24. The molecule has 1 aliphatic rings. The fourth-order valence-corrected chi connectivity index (χ4v) is 2.40. The molecule has 0 aromatic heterocycles. The number of carbonyl (C=O) groups is 1. The van der Waals surface area contributed by atoms with Crippen LogP contribution in [0, 0.1) is 5.92 Å². The molecule has 1 aliphatic carbocycles. The molecule has 116 valence electrons. The van der Waals surface area contributed by atoms with Crippen LogP contribution in [0.2, 0.25) is 5.02 Å². The van der Waals surface area contributed by atoms with E-state index < -0.39 is 6.04 Å². The van der Waals surface area contributed by atoms with Gasteiger partial charge in [0.15, 0.2) is 0 Å². The first-order valence-corrected chi connectivity index (χ1v) is 7.44. The number of carbonyl (C=O) groups excluding carboxylic acids is 1. The number of benzene rings is 1. The number of hydrogen-bond donors (Lipinski definition) is 3. The lowest BCUT2D eigenvalue weighted by Crippen LogP contribution is -2.46. The van der Waals surface area contributed by atoms with Gasteiger partial charge in [0.25, 0.3) is 0 Å². The third-order valence-electron chi connectivity index (χ3n) is 3.61. The van der Waals surface area contributed by atoms with Crippen LogP contribution in [0.15, 0.2) is 24.3 Å². The van der Waals surface area contributed by atoms with E-state index in [0.717, 1.165) is 18.4 Å². The average molecular weight is 313 g/mol. The van der Waals surface area contributed by atoms with Gasteiger partial charge >= 0.3 is 6.03 Å². The predicted octanol–water partition coefficient (Wildman–Crippen LogP) is 2.10. The number of hydrogen-bond acceptors (Lipinski definition) is 3. The molecule has 0 heterocycles. The lowest BCUT2D eigenvalue weighted by atomic mass is 10.1. The van der Waals surface area contributed by atoms with Crippen molar-refractivity contribution >= 4 is 17.6 Å². The summed E-state index contributed by atoms with van der Waals surface area (Å²) in [6.45, 7) is 0.330. The van der Waals surface area contributed by atoms with Crippen molar-refractivity contribution < 1.29 is 14.6 Å².